The van der Waals surface area contributed by atoms with Crippen LogP contribution in [0.4, 0.5) is 15.9 Å². The molecule has 1 aromatic carbocycles. The standard InChI is InChI=1S/C25H34FN5O2/c1-19-18-29(14-15-31(19)21-5-3-20(26)4-6-21)11-7-22-17-25(24(32)28(22)2)9-12-30(13-10-25)23-8-16-33-27-23/h3-6,8,16,19,22H,7,9-15,17-18H2,1-2H3/t19-,22-/m0/s1. The van der Waals surface area contributed by atoms with Gasteiger partial charge in [-0.2, -0.15) is 0 Å². The SMILES string of the molecule is C[C@H]1CN(CC[C@H]2CC3(CCN(c4ccon4)CC3)C(=O)N2C)CCN1c1ccc(F)cc1. The number of piperidine rings is 1. The number of aromatic nitrogens is 1. The van der Waals surface area contributed by atoms with E-state index in [2.05, 4.69) is 26.8 Å². The summed E-state index contributed by atoms with van der Waals surface area (Å²) in [4.78, 5) is 22.4. The number of amides is 1. The summed E-state index contributed by atoms with van der Waals surface area (Å²) >= 11 is 0. The maximum atomic E-state index is 13.3. The van der Waals surface area contributed by atoms with Gasteiger partial charge in [0.05, 0.1) is 5.41 Å². The lowest BCUT2D eigenvalue weighted by atomic mass is 9.75. The predicted molar refractivity (Wildman–Crippen MR) is 126 cm³/mol. The molecule has 1 aromatic heterocycles. The zero-order chi connectivity index (χ0) is 23.0. The number of carbonyl (C=O) groups excluding carboxylic acids is 1. The van der Waals surface area contributed by atoms with Crippen LogP contribution in [0, 0.1) is 11.2 Å². The van der Waals surface area contributed by atoms with Gasteiger partial charge in [-0.05, 0) is 56.9 Å². The summed E-state index contributed by atoms with van der Waals surface area (Å²) in [5, 5.41) is 4.05. The zero-order valence-corrected chi connectivity index (χ0v) is 19.6. The van der Waals surface area contributed by atoms with Crippen LogP contribution in [0.5, 0.6) is 0 Å². The lowest BCUT2D eigenvalue weighted by Crippen LogP contribution is -2.52. The number of halogens is 1. The van der Waals surface area contributed by atoms with Gasteiger partial charge in [0.2, 0.25) is 5.91 Å². The number of benzene rings is 1. The van der Waals surface area contributed by atoms with Crippen molar-refractivity contribution in [2.45, 2.75) is 44.7 Å². The molecule has 3 saturated heterocycles. The van der Waals surface area contributed by atoms with E-state index in [0.717, 1.165) is 76.5 Å². The minimum absolute atomic E-state index is 0.193. The maximum Gasteiger partial charge on any atom is 0.228 e. The van der Waals surface area contributed by atoms with Gasteiger partial charge in [-0.3, -0.25) is 9.69 Å². The Bertz CT molecular complexity index is 942. The van der Waals surface area contributed by atoms with Gasteiger partial charge in [0.25, 0.3) is 0 Å². The molecule has 0 saturated carbocycles. The number of piperazine rings is 1. The van der Waals surface area contributed by atoms with Gasteiger partial charge in [-0.15, -0.1) is 0 Å². The van der Waals surface area contributed by atoms with Gasteiger partial charge in [-0.1, -0.05) is 5.16 Å². The van der Waals surface area contributed by atoms with Crippen LogP contribution in [-0.4, -0.2) is 79.3 Å². The number of rotatable bonds is 5. The summed E-state index contributed by atoms with van der Waals surface area (Å²) < 4.78 is 18.3. The highest BCUT2D eigenvalue weighted by Crippen LogP contribution is 2.45. The van der Waals surface area contributed by atoms with Gasteiger partial charge < -0.3 is 19.2 Å². The van der Waals surface area contributed by atoms with Crippen molar-refractivity contribution in [3.63, 3.8) is 0 Å². The first-order valence-corrected chi connectivity index (χ1v) is 12.1. The molecule has 1 amide bonds. The number of hydrogen-bond acceptors (Lipinski definition) is 6. The first-order valence-electron chi connectivity index (χ1n) is 12.1. The number of anilines is 2. The largest absolute Gasteiger partial charge is 0.366 e. The highest BCUT2D eigenvalue weighted by atomic mass is 19.1. The lowest BCUT2D eigenvalue weighted by Gasteiger charge is -2.41. The summed E-state index contributed by atoms with van der Waals surface area (Å²) in [6.45, 7) is 7.85. The molecule has 5 rings (SSSR count). The molecule has 0 aliphatic carbocycles. The van der Waals surface area contributed by atoms with Gasteiger partial charge in [0.15, 0.2) is 5.82 Å². The second-order valence-electron chi connectivity index (χ2n) is 10.0. The van der Waals surface area contributed by atoms with E-state index < -0.39 is 0 Å². The quantitative estimate of drug-likeness (QED) is 0.690. The average molecular weight is 456 g/mol. The Hall–Kier alpha value is -2.61. The Morgan fingerprint density at radius 3 is 2.55 bits per heavy atom. The number of carbonyl (C=O) groups is 1. The Morgan fingerprint density at radius 2 is 1.88 bits per heavy atom. The van der Waals surface area contributed by atoms with E-state index in [9.17, 15) is 9.18 Å². The second-order valence-corrected chi connectivity index (χ2v) is 10.0. The van der Waals surface area contributed by atoms with E-state index in [0.29, 0.717) is 18.0 Å². The van der Waals surface area contributed by atoms with Crippen LogP contribution in [0.1, 0.15) is 32.6 Å². The van der Waals surface area contributed by atoms with Crippen LogP contribution in [-0.2, 0) is 4.79 Å². The Labute approximate surface area is 195 Å². The fourth-order valence-corrected chi connectivity index (χ4v) is 6.05. The molecule has 4 heterocycles. The Kier molecular flexibility index (Phi) is 6.03. The number of likely N-dealkylation sites (tertiary alicyclic amines) is 1. The van der Waals surface area contributed by atoms with Gasteiger partial charge in [0, 0.05) is 70.2 Å². The molecule has 8 heteroatoms. The summed E-state index contributed by atoms with van der Waals surface area (Å²) in [5.74, 6) is 0.998. The summed E-state index contributed by atoms with van der Waals surface area (Å²) in [5.41, 5.74) is 0.873. The van der Waals surface area contributed by atoms with Crippen LogP contribution in [0.25, 0.3) is 0 Å². The van der Waals surface area contributed by atoms with Crippen molar-refractivity contribution in [1.29, 1.82) is 0 Å². The molecule has 2 atom stereocenters. The molecule has 178 valence electrons. The van der Waals surface area contributed by atoms with E-state index >= 15 is 0 Å². The van der Waals surface area contributed by atoms with Crippen molar-refractivity contribution in [3.8, 4) is 0 Å². The molecular weight excluding hydrogens is 421 g/mol. The van der Waals surface area contributed by atoms with Crippen molar-refractivity contribution < 1.29 is 13.7 Å². The van der Waals surface area contributed by atoms with E-state index in [1.165, 1.54) is 12.1 Å². The Morgan fingerprint density at radius 1 is 1.12 bits per heavy atom. The van der Waals surface area contributed by atoms with E-state index in [1.807, 2.05) is 30.1 Å². The fourth-order valence-electron chi connectivity index (χ4n) is 6.05. The molecule has 7 nitrogen and oxygen atoms in total. The summed E-state index contributed by atoms with van der Waals surface area (Å²) in [6.07, 6.45) is 5.34. The van der Waals surface area contributed by atoms with Crippen LogP contribution >= 0.6 is 0 Å². The van der Waals surface area contributed by atoms with E-state index in [-0.39, 0.29) is 11.2 Å². The number of nitrogens with zero attached hydrogens (tertiary/aromatic N) is 5. The predicted octanol–water partition coefficient (Wildman–Crippen LogP) is 3.23. The molecule has 3 fully saturated rings. The van der Waals surface area contributed by atoms with Crippen molar-refractivity contribution in [2.75, 3.05) is 56.1 Å². The third-order valence-electron chi connectivity index (χ3n) is 8.07. The lowest BCUT2D eigenvalue weighted by molar-refractivity contribution is -0.136. The van der Waals surface area contributed by atoms with Crippen LogP contribution in [0.15, 0.2) is 41.1 Å². The highest BCUT2D eigenvalue weighted by Gasteiger charge is 2.51. The van der Waals surface area contributed by atoms with Gasteiger partial charge in [-0.25, -0.2) is 4.39 Å². The maximum absolute atomic E-state index is 13.3. The summed E-state index contributed by atoms with van der Waals surface area (Å²) in [6, 6.07) is 9.38. The monoisotopic (exact) mass is 455 g/mol. The van der Waals surface area contributed by atoms with Crippen molar-refractivity contribution in [1.82, 2.24) is 15.0 Å². The third kappa shape index (κ3) is 4.33. The molecule has 3 aliphatic rings. The minimum Gasteiger partial charge on any atom is -0.366 e. The normalized spacial score (nSPS) is 25.9. The molecule has 0 bridgehead atoms. The van der Waals surface area contributed by atoms with Gasteiger partial charge in [0.1, 0.15) is 12.1 Å². The van der Waals surface area contributed by atoms with Crippen molar-refractivity contribution in [3.05, 3.63) is 42.4 Å². The van der Waals surface area contributed by atoms with Crippen LogP contribution in [0.3, 0.4) is 0 Å². The van der Waals surface area contributed by atoms with Crippen molar-refractivity contribution in [2.24, 2.45) is 5.41 Å². The molecule has 0 N–H and O–H groups in total. The first kappa shape index (κ1) is 22.2. The first-order chi connectivity index (χ1) is 15.9. The molecule has 0 radical (unpaired) electrons. The van der Waals surface area contributed by atoms with Crippen LogP contribution in [0.2, 0.25) is 0 Å². The minimum atomic E-state index is -0.214. The molecule has 0 unspecified atom stereocenters. The van der Waals surface area contributed by atoms with E-state index in [4.69, 9.17) is 4.52 Å². The highest BCUT2D eigenvalue weighted by molar-refractivity contribution is 5.85. The number of hydrogen-bond donors (Lipinski definition) is 0. The second kappa shape index (κ2) is 8.97. The Balaban J connectivity index is 1.13. The zero-order valence-electron chi connectivity index (χ0n) is 19.6. The van der Waals surface area contributed by atoms with Gasteiger partial charge >= 0.3 is 0 Å². The van der Waals surface area contributed by atoms with Crippen LogP contribution < -0.4 is 9.80 Å². The molecular formula is C25H34FN5O2. The summed E-state index contributed by atoms with van der Waals surface area (Å²) in [7, 11) is 1.99. The molecule has 3 aliphatic heterocycles. The molecule has 1 spiro atoms. The smallest absolute Gasteiger partial charge is 0.228 e. The topological polar surface area (TPSA) is 56.1 Å². The van der Waals surface area contributed by atoms with Crippen molar-refractivity contribution >= 4 is 17.4 Å². The molecule has 33 heavy (non-hydrogen) atoms. The van der Waals surface area contributed by atoms with E-state index in [1.54, 1.807) is 6.26 Å². The molecule has 2 aromatic rings. The average Bonchev–Trinajstić information content (AvgIpc) is 3.43. The third-order valence-corrected chi connectivity index (χ3v) is 8.07. The fraction of sp³-hybridized carbons (Fsp3) is 0.600.